The van der Waals surface area contributed by atoms with Gasteiger partial charge in [0.1, 0.15) is 17.2 Å². The first kappa shape index (κ1) is 14.1. The number of furan rings is 1. The molecule has 0 radical (unpaired) electrons. The van der Waals surface area contributed by atoms with E-state index in [0.717, 1.165) is 0 Å². The van der Waals surface area contributed by atoms with Crippen LogP contribution in [0.1, 0.15) is 18.2 Å². The highest BCUT2D eigenvalue weighted by Crippen LogP contribution is 2.21. The summed E-state index contributed by atoms with van der Waals surface area (Å²) in [5.41, 5.74) is -0.763. The molecule has 2 aromatic rings. The van der Waals surface area contributed by atoms with Crippen LogP contribution in [0.2, 0.25) is 5.02 Å². The Morgan fingerprint density at radius 3 is 2.79 bits per heavy atom. The second-order valence-corrected chi connectivity index (χ2v) is 4.96. The van der Waals surface area contributed by atoms with E-state index in [2.05, 4.69) is 5.32 Å². The zero-order valence-corrected chi connectivity index (χ0v) is 11.2. The van der Waals surface area contributed by atoms with Crippen LogP contribution in [-0.4, -0.2) is 11.7 Å². The van der Waals surface area contributed by atoms with Crippen LogP contribution >= 0.6 is 11.6 Å². The van der Waals surface area contributed by atoms with E-state index in [1.54, 1.807) is 31.2 Å². The molecule has 1 aromatic heterocycles. The molecular weight excluding hydrogens is 269 g/mol. The average molecular weight is 284 g/mol. The maximum absolute atomic E-state index is 13.5. The summed E-state index contributed by atoms with van der Waals surface area (Å²) in [5, 5.41) is 13.6. The summed E-state index contributed by atoms with van der Waals surface area (Å²) in [6, 6.07) is 7.94. The highest BCUT2D eigenvalue weighted by molar-refractivity contribution is 6.31. The Morgan fingerprint density at radius 1 is 1.37 bits per heavy atom. The predicted octanol–water partition coefficient (Wildman–Crippen LogP) is 3.07. The van der Waals surface area contributed by atoms with Gasteiger partial charge in [-0.25, -0.2) is 4.39 Å². The molecular formula is C14H15ClFNO2. The molecule has 3 nitrogen and oxygen atoms in total. The minimum absolute atomic E-state index is 0.227. The molecule has 2 rings (SSSR count). The maximum Gasteiger partial charge on any atom is 0.136 e. The molecule has 19 heavy (non-hydrogen) atoms. The van der Waals surface area contributed by atoms with Crippen LogP contribution in [0.25, 0.3) is 0 Å². The highest BCUT2D eigenvalue weighted by Gasteiger charge is 2.25. The van der Waals surface area contributed by atoms with E-state index in [-0.39, 0.29) is 18.9 Å². The molecule has 1 heterocycles. The second-order valence-electron chi connectivity index (χ2n) is 4.55. The quantitative estimate of drug-likeness (QED) is 0.886. The van der Waals surface area contributed by atoms with Gasteiger partial charge in [-0.3, -0.25) is 0 Å². The molecule has 1 unspecified atom stereocenters. The number of hydrogen-bond acceptors (Lipinski definition) is 3. The molecule has 5 heteroatoms. The molecule has 0 spiro atoms. The summed E-state index contributed by atoms with van der Waals surface area (Å²) in [4.78, 5) is 0. The van der Waals surface area contributed by atoms with Crippen molar-refractivity contribution >= 4 is 11.6 Å². The Hall–Kier alpha value is -1.36. The summed E-state index contributed by atoms with van der Waals surface area (Å²) in [5.74, 6) is 0.0947. The number of hydrogen-bond donors (Lipinski definition) is 2. The molecule has 0 saturated carbocycles. The molecule has 0 aliphatic carbocycles. The zero-order chi connectivity index (χ0) is 13.9. The Morgan fingerprint density at radius 2 is 2.16 bits per heavy atom. The van der Waals surface area contributed by atoms with Crippen molar-refractivity contribution in [3.05, 3.63) is 58.8 Å². The van der Waals surface area contributed by atoms with Crippen molar-refractivity contribution in [2.24, 2.45) is 0 Å². The van der Waals surface area contributed by atoms with Gasteiger partial charge in [-0.1, -0.05) is 17.7 Å². The van der Waals surface area contributed by atoms with Crippen LogP contribution in [-0.2, 0) is 12.1 Å². The lowest BCUT2D eigenvalue weighted by molar-refractivity contribution is 0.0340. The lowest BCUT2D eigenvalue weighted by atomic mass is 10.0. The summed E-state index contributed by atoms with van der Waals surface area (Å²) < 4.78 is 18.7. The van der Waals surface area contributed by atoms with E-state index in [1.165, 1.54) is 12.3 Å². The largest absolute Gasteiger partial charge is 0.466 e. The van der Waals surface area contributed by atoms with Crippen molar-refractivity contribution in [3.8, 4) is 0 Å². The zero-order valence-electron chi connectivity index (χ0n) is 10.5. The first-order valence-corrected chi connectivity index (χ1v) is 6.28. The van der Waals surface area contributed by atoms with Crippen molar-refractivity contribution in [2.75, 3.05) is 6.54 Å². The van der Waals surface area contributed by atoms with Crippen molar-refractivity contribution in [1.82, 2.24) is 5.32 Å². The average Bonchev–Trinajstić information content (AvgIpc) is 2.87. The van der Waals surface area contributed by atoms with E-state index in [1.807, 2.05) is 0 Å². The van der Waals surface area contributed by atoms with Gasteiger partial charge in [-0.05, 0) is 31.2 Å². The molecule has 0 aliphatic heterocycles. The molecule has 0 saturated heterocycles. The molecule has 0 aliphatic rings. The molecule has 1 atom stereocenters. The van der Waals surface area contributed by atoms with E-state index in [9.17, 15) is 9.50 Å². The molecule has 1 aromatic carbocycles. The SMILES string of the molecule is CC(O)(CNCc1c(F)cccc1Cl)c1ccco1. The maximum atomic E-state index is 13.5. The second kappa shape index (κ2) is 5.74. The Labute approximate surface area is 116 Å². The molecule has 0 fully saturated rings. The van der Waals surface area contributed by atoms with Crippen LogP contribution in [0.15, 0.2) is 41.0 Å². The van der Waals surface area contributed by atoms with Crippen LogP contribution in [0.4, 0.5) is 4.39 Å². The van der Waals surface area contributed by atoms with Crippen LogP contribution in [0, 0.1) is 5.82 Å². The van der Waals surface area contributed by atoms with Crippen molar-refractivity contribution in [3.63, 3.8) is 0 Å². The fourth-order valence-electron chi connectivity index (χ4n) is 1.80. The van der Waals surface area contributed by atoms with Gasteiger partial charge < -0.3 is 14.8 Å². The van der Waals surface area contributed by atoms with Gasteiger partial charge in [-0.2, -0.15) is 0 Å². The third kappa shape index (κ3) is 3.35. The normalized spacial score (nSPS) is 14.3. The summed E-state index contributed by atoms with van der Waals surface area (Å²) in [6.45, 7) is 2.09. The standard InChI is InChI=1S/C14H15ClFNO2/c1-14(18,13-6-3-7-19-13)9-17-8-10-11(15)4-2-5-12(10)16/h2-7,17-18H,8-9H2,1H3. The number of rotatable bonds is 5. The van der Waals surface area contributed by atoms with E-state index >= 15 is 0 Å². The highest BCUT2D eigenvalue weighted by atomic mass is 35.5. The molecule has 102 valence electrons. The van der Waals surface area contributed by atoms with Gasteiger partial charge in [0.25, 0.3) is 0 Å². The fourth-order valence-corrected chi connectivity index (χ4v) is 2.03. The first-order chi connectivity index (χ1) is 9.00. The van der Waals surface area contributed by atoms with E-state index in [4.69, 9.17) is 16.0 Å². The molecule has 2 N–H and O–H groups in total. The number of halogens is 2. The fraction of sp³-hybridized carbons (Fsp3) is 0.286. The lowest BCUT2D eigenvalue weighted by Gasteiger charge is -2.21. The summed E-state index contributed by atoms with van der Waals surface area (Å²) in [6.07, 6.45) is 1.50. The lowest BCUT2D eigenvalue weighted by Crippen LogP contribution is -2.35. The smallest absolute Gasteiger partial charge is 0.136 e. The third-order valence-electron chi connectivity index (χ3n) is 2.88. The number of aliphatic hydroxyl groups is 1. The van der Waals surface area contributed by atoms with Gasteiger partial charge in [0.2, 0.25) is 0 Å². The Balaban J connectivity index is 1.97. The van der Waals surface area contributed by atoms with Crippen molar-refractivity contribution in [1.29, 1.82) is 0 Å². The van der Waals surface area contributed by atoms with Gasteiger partial charge in [0, 0.05) is 23.7 Å². The van der Waals surface area contributed by atoms with Gasteiger partial charge in [-0.15, -0.1) is 0 Å². The Bertz CT molecular complexity index is 520. The summed E-state index contributed by atoms with van der Waals surface area (Å²) in [7, 11) is 0. The molecule has 0 amide bonds. The third-order valence-corrected chi connectivity index (χ3v) is 3.24. The van der Waals surface area contributed by atoms with Crippen LogP contribution in [0.3, 0.4) is 0 Å². The first-order valence-electron chi connectivity index (χ1n) is 5.90. The van der Waals surface area contributed by atoms with E-state index in [0.29, 0.717) is 16.3 Å². The van der Waals surface area contributed by atoms with Gasteiger partial charge >= 0.3 is 0 Å². The molecule has 0 bridgehead atoms. The van der Waals surface area contributed by atoms with E-state index < -0.39 is 5.60 Å². The summed E-state index contributed by atoms with van der Waals surface area (Å²) >= 11 is 5.92. The predicted molar refractivity (Wildman–Crippen MR) is 71.4 cm³/mol. The number of nitrogens with one attached hydrogen (secondary N) is 1. The van der Waals surface area contributed by atoms with Crippen LogP contribution in [0.5, 0.6) is 0 Å². The van der Waals surface area contributed by atoms with Gasteiger partial charge in [0.05, 0.1) is 6.26 Å². The van der Waals surface area contributed by atoms with Crippen molar-refractivity contribution < 1.29 is 13.9 Å². The van der Waals surface area contributed by atoms with Crippen molar-refractivity contribution in [2.45, 2.75) is 19.1 Å². The Kier molecular flexibility index (Phi) is 4.24. The minimum atomic E-state index is -1.15. The topological polar surface area (TPSA) is 45.4 Å². The van der Waals surface area contributed by atoms with Crippen LogP contribution < -0.4 is 5.32 Å². The minimum Gasteiger partial charge on any atom is -0.466 e. The number of benzene rings is 1. The monoisotopic (exact) mass is 283 g/mol. The van der Waals surface area contributed by atoms with Gasteiger partial charge in [0.15, 0.2) is 0 Å².